The minimum atomic E-state index is -0.141. The van der Waals surface area contributed by atoms with E-state index in [9.17, 15) is 4.79 Å². The Kier molecular flexibility index (Phi) is 4.69. The highest BCUT2D eigenvalue weighted by atomic mass is 32.1. The van der Waals surface area contributed by atoms with Crippen molar-refractivity contribution in [3.8, 4) is 5.75 Å². The summed E-state index contributed by atoms with van der Waals surface area (Å²) in [6.07, 6.45) is 1.93. The van der Waals surface area contributed by atoms with Gasteiger partial charge in [-0.3, -0.25) is 4.79 Å². The molecule has 0 aliphatic rings. The van der Waals surface area contributed by atoms with Crippen LogP contribution in [-0.2, 0) is 11.2 Å². The molecule has 1 aromatic carbocycles. The topological polar surface area (TPSA) is 50.7 Å². The number of carbonyl (C=O) groups is 1. The molecule has 0 aliphatic heterocycles. The highest BCUT2D eigenvalue weighted by Gasteiger charge is 2.02. The Labute approximate surface area is 115 Å². The fourth-order valence-corrected chi connectivity index (χ4v) is 2.09. The van der Waals surface area contributed by atoms with Crippen LogP contribution in [-0.4, -0.2) is 19.2 Å². The Morgan fingerprint density at radius 2 is 2.16 bits per heavy atom. The van der Waals surface area contributed by atoms with Gasteiger partial charge in [0.25, 0.3) is 0 Å². The molecule has 4 nitrogen and oxygen atoms in total. The van der Waals surface area contributed by atoms with Gasteiger partial charge in [0.15, 0.2) is 0 Å². The number of benzene rings is 1. The van der Waals surface area contributed by atoms with Crippen LogP contribution in [0.4, 0.5) is 0 Å². The number of hydrazone groups is 1. The van der Waals surface area contributed by atoms with Crippen LogP contribution in [0.25, 0.3) is 0 Å². The SMILES string of the molecule is COc1ccc(CC(=O)N/N=C\c2cccs2)cc1. The summed E-state index contributed by atoms with van der Waals surface area (Å²) in [4.78, 5) is 12.6. The van der Waals surface area contributed by atoms with Crippen molar-refractivity contribution in [3.63, 3.8) is 0 Å². The Bertz CT molecular complexity index is 547. The first-order valence-electron chi connectivity index (χ1n) is 5.76. The lowest BCUT2D eigenvalue weighted by Crippen LogP contribution is -2.19. The van der Waals surface area contributed by atoms with Gasteiger partial charge >= 0.3 is 0 Å². The molecule has 0 saturated carbocycles. The highest BCUT2D eigenvalue weighted by molar-refractivity contribution is 7.11. The first-order chi connectivity index (χ1) is 9.28. The van der Waals surface area contributed by atoms with Gasteiger partial charge in [-0.15, -0.1) is 11.3 Å². The molecule has 1 aromatic heterocycles. The van der Waals surface area contributed by atoms with Gasteiger partial charge in [0.2, 0.25) is 5.91 Å². The van der Waals surface area contributed by atoms with E-state index in [0.29, 0.717) is 6.42 Å². The Morgan fingerprint density at radius 1 is 1.37 bits per heavy atom. The number of methoxy groups -OCH3 is 1. The van der Waals surface area contributed by atoms with E-state index in [1.54, 1.807) is 24.7 Å². The zero-order valence-corrected chi connectivity index (χ0v) is 11.3. The molecule has 2 rings (SSSR count). The maximum Gasteiger partial charge on any atom is 0.244 e. The van der Waals surface area contributed by atoms with Crippen molar-refractivity contribution in [2.24, 2.45) is 5.10 Å². The Morgan fingerprint density at radius 3 is 2.79 bits per heavy atom. The maximum absolute atomic E-state index is 11.6. The Hall–Kier alpha value is -2.14. The number of hydrogen-bond donors (Lipinski definition) is 1. The maximum atomic E-state index is 11.6. The minimum absolute atomic E-state index is 0.141. The molecule has 1 N–H and O–H groups in total. The van der Waals surface area contributed by atoms with Gasteiger partial charge in [-0.05, 0) is 29.1 Å². The lowest BCUT2D eigenvalue weighted by molar-refractivity contribution is -0.120. The lowest BCUT2D eigenvalue weighted by atomic mass is 10.1. The van der Waals surface area contributed by atoms with Crippen molar-refractivity contribution >= 4 is 23.5 Å². The number of thiophene rings is 1. The first-order valence-corrected chi connectivity index (χ1v) is 6.64. The van der Waals surface area contributed by atoms with Crippen molar-refractivity contribution in [3.05, 3.63) is 52.2 Å². The number of nitrogens with one attached hydrogen (secondary N) is 1. The molecule has 5 heteroatoms. The number of rotatable bonds is 5. The van der Waals surface area contributed by atoms with Crippen LogP contribution in [0, 0.1) is 0 Å². The fraction of sp³-hybridized carbons (Fsp3) is 0.143. The molecular formula is C14H14N2O2S. The molecule has 0 unspecified atom stereocenters. The average Bonchev–Trinajstić information content (AvgIpc) is 2.93. The van der Waals surface area contributed by atoms with Crippen molar-refractivity contribution < 1.29 is 9.53 Å². The molecule has 0 fully saturated rings. The summed E-state index contributed by atoms with van der Waals surface area (Å²) in [7, 11) is 1.61. The first kappa shape index (κ1) is 13.3. The predicted octanol–water partition coefficient (Wildman–Crippen LogP) is 2.45. The zero-order valence-electron chi connectivity index (χ0n) is 10.5. The van der Waals surface area contributed by atoms with E-state index in [4.69, 9.17) is 4.74 Å². The predicted molar refractivity (Wildman–Crippen MR) is 76.8 cm³/mol. The standard InChI is InChI=1S/C14H14N2O2S/c1-18-12-6-4-11(5-7-12)9-14(17)16-15-10-13-3-2-8-19-13/h2-8,10H,9H2,1H3,(H,16,17)/b15-10-. The number of nitrogens with zero attached hydrogens (tertiary/aromatic N) is 1. The number of carbonyl (C=O) groups excluding carboxylic acids is 1. The monoisotopic (exact) mass is 274 g/mol. The summed E-state index contributed by atoms with van der Waals surface area (Å²) in [6, 6.07) is 11.3. The van der Waals surface area contributed by atoms with Crippen molar-refractivity contribution in [2.45, 2.75) is 6.42 Å². The second-order valence-electron chi connectivity index (χ2n) is 3.83. The van der Waals surface area contributed by atoms with Crippen LogP contribution >= 0.6 is 11.3 Å². The van der Waals surface area contributed by atoms with Crippen molar-refractivity contribution in [1.29, 1.82) is 0 Å². The fourth-order valence-electron chi connectivity index (χ4n) is 1.50. The molecule has 0 bridgehead atoms. The van der Waals surface area contributed by atoms with E-state index in [1.807, 2.05) is 41.8 Å². The summed E-state index contributed by atoms with van der Waals surface area (Å²) in [5, 5.41) is 5.86. The van der Waals surface area contributed by atoms with Gasteiger partial charge in [-0.25, -0.2) is 5.43 Å². The third-order valence-electron chi connectivity index (χ3n) is 2.45. The third-order valence-corrected chi connectivity index (χ3v) is 3.25. The number of hydrogen-bond acceptors (Lipinski definition) is 4. The molecule has 1 amide bonds. The second kappa shape index (κ2) is 6.70. The average molecular weight is 274 g/mol. The molecule has 0 radical (unpaired) electrons. The normalized spacial score (nSPS) is 10.6. The van der Waals surface area contributed by atoms with Gasteiger partial charge in [-0.2, -0.15) is 5.10 Å². The third kappa shape index (κ3) is 4.22. The van der Waals surface area contributed by atoms with Crippen LogP contribution in [0.1, 0.15) is 10.4 Å². The summed E-state index contributed by atoms with van der Waals surface area (Å²) in [5.41, 5.74) is 3.42. The Balaban J connectivity index is 1.83. The van der Waals surface area contributed by atoms with Gasteiger partial charge in [-0.1, -0.05) is 18.2 Å². The van der Waals surface area contributed by atoms with Gasteiger partial charge in [0.1, 0.15) is 5.75 Å². The van der Waals surface area contributed by atoms with Crippen LogP contribution in [0.2, 0.25) is 0 Å². The molecular weight excluding hydrogens is 260 g/mol. The van der Waals surface area contributed by atoms with Gasteiger partial charge in [0.05, 0.1) is 19.7 Å². The molecule has 0 aliphatic carbocycles. The molecule has 0 spiro atoms. The van der Waals surface area contributed by atoms with Gasteiger partial charge < -0.3 is 4.74 Å². The highest BCUT2D eigenvalue weighted by Crippen LogP contribution is 2.11. The molecule has 98 valence electrons. The summed E-state index contributed by atoms with van der Waals surface area (Å²) in [6.45, 7) is 0. The molecule has 0 saturated heterocycles. The largest absolute Gasteiger partial charge is 0.497 e. The van der Waals surface area contributed by atoms with Crippen molar-refractivity contribution in [2.75, 3.05) is 7.11 Å². The number of ether oxygens (including phenoxy) is 1. The van der Waals surface area contributed by atoms with E-state index >= 15 is 0 Å². The molecule has 19 heavy (non-hydrogen) atoms. The van der Waals surface area contributed by atoms with Gasteiger partial charge in [0, 0.05) is 4.88 Å². The van der Waals surface area contributed by atoms with E-state index in [-0.39, 0.29) is 5.91 Å². The van der Waals surface area contributed by atoms with E-state index in [1.165, 1.54) is 0 Å². The summed E-state index contributed by atoms with van der Waals surface area (Å²) in [5.74, 6) is 0.637. The van der Waals surface area contributed by atoms with E-state index in [0.717, 1.165) is 16.2 Å². The zero-order chi connectivity index (χ0) is 13.5. The molecule has 1 heterocycles. The minimum Gasteiger partial charge on any atom is -0.497 e. The summed E-state index contributed by atoms with van der Waals surface area (Å²) < 4.78 is 5.06. The lowest BCUT2D eigenvalue weighted by Gasteiger charge is -2.02. The molecule has 2 aromatic rings. The number of amides is 1. The smallest absolute Gasteiger partial charge is 0.244 e. The summed E-state index contributed by atoms with van der Waals surface area (Å²) >= 11 is 1.57. The van der Waals surface area contributed by atoms with Crippen LogP contribution in [0.15, 0.2) is 46.9 Å². The van der Waals surface area contributed by atoms with Crippen molar-refractivity contribution in [1.82, 2.24) is 5.43 Å². The van der Waals surface area contributed by atoms with Crippen LogP contribution in [0.5, 0.6) is 5.75 Å². The second-order valence-corrected chi connectivity index (χ2v) is 4.81. The van der Waals surface area contributed by atoms with Crippen LogP contribution < -0.4 is 10.2 Å². The quantitative estimate of drug-likeness (QED) is 0.672. The molecule has 0 atom stereocenters. The van der Waals surface area contributed by atoms with E-state index in [2.05, 4.69) is 10.5 Å². The van der Waals surface area contributed by atoms with Crippen LogP contribution in [0.3, 0.4) is 0 Å². The van der Waals surface area contributed by atoms with E-state index < -0.39 is 0 Å².